The summed E-state index contributed by atoms with van der Waals surface area (Å²) in [4.78, 5) is 29.3. The Morgan fingerprint density at radius 2 is 1.60 bits per heavy atom. The molecule has 1 N–H and O–H groups in total. The summed E-state index contributed by atoms with van der Waals surface area (Å²) in [6, 6.07) is 16.8. The van der Waals surface area contributed by atoms with Gasteiger partial charge in [0.05, 0.1) is 10.6 Å². The monoisotopic (exact) mass is 593 g/mol. The summed E-state index contributed by atoms with van der Waals surface area (Å²) in [5.74, 6) is -1.20. The normalized spacial score (nSPS) is 14.4. The average molecular weight is 594 g/mol. The number of hydrogen-bond donors (Lipinski definition) is 1. The Balaban J connectivity index is 1.74. The topological polar surface area (TPSA) is 86.8 Å². The Morgan fingerprint density at radius 1 is 0.952 bits per heavy atom. The van der Waals surface area contributed by atoms with Gasteiger partial charge in [-0.25, -0.2) is 12.8 Å². The molecule has 0 saturated heterocycles. The van der Waals surface area contributed by atoms with Crippen molar-refractivity contribution >= 4 is 27.5 Å². The number of halogens is 1. The van der Waals surface area contributed by atoms with E-state index in [1.807, 2.05) is 33.8 Å². The van der Waals surface area contributed by atoms with E-state index in [1.54, 1.807) is 36.4 Å². The third kappa shape index (κ3) is 7.18. The van der Waals surface area contributed by atoms with Crippen LogP contribution in [0.2, 0.25) is 0 Å². The van der Waals surface area contributed by atoms with Crippen molar-refractivity contribution in [2.24, 2.45) is 0 Å². The van der Waals surface area contributed by atoms with Crippen molar-refractivity contribution in [3.05, 3.63) is 94.8 Å². The lowest BCUT2D eigenvalue weighted by Gasteiger charge is -2.34. The highest BCUT2D eigenvalue weighted by Crippen LogP contribution is 2.29. The number of anilines is 1. The summed E-state index contributed by atoms with van der Waals surface area (Å²) in [5, 5.41) is 3.10. The van der Waals surface area contributed by atoms with Gasteiger partial charge in [0.25, 0.3) is 10.0 Å². The Hall–Kier alpha value is -3.72. The molecule has 7 nitrogen and oxygen atoms in total. The molecule has 4 rings (SSSR count). The van der Waals surface area contributed by atoms with E-state index in [4.69, 9.17) is 0 Å². The average Bonchev–Trinajstić information content (AvgIpc) is 3.47. The first-order valence-corrected chi connectivity index (χ1v) is 15.9. The molecule has 0 heterocycles. The van der Waals surface area contributed by atoms with E-state index in [-0.39, 0.29) is 23.4 Å². The zero-order valence-electron chi connectivity index (χ0n) is 24.8. The molecule has 1 fully saturated rings. The van der Waals surface area contributed by atoms with Gasteiger partial charge in [-0.1, -0.05) is 61.7 Å². The van der Waals surface area contributed by atoms with Crippen molar-refractivity contribution < 1.29 is 22.4 Å². The summed E-state index contributed by atoms with van der Waals surface area (Å²) < 4.78 is 43.0. The van der Waals surface area contributed by atoms with Crippen LogP contribution in [0.5, 0.6) is 0 Å². The summed E-state index contributed by atoms with van der Waals surface area (Å²) >= 11 is 0. The molecule has 0 radical (unpaired) electrons. The highest BCUT2D eigenvalue weighted by Gasteiger charge is 2.35. The molecule has 1 aliphatic rings. The van der Waals surface area contributed by atoms with Gasteiger partial charge in [0, 0.05) is 12.6 Å². The lowest BCUT2D eigenvalue weighted by molar-refractivity contribution is -0.140. The third-order valence-corrected chi connectivity index (χ3v) is 9.86. The number of hydrogen-bond acceptors (Lipinski definition) is 4. The van der Waals surface area contributed by atoms with Crippen LogP contribution in [0.25, 0.3) is 0 Å². The molecule has 42 heavy (non-hydrogen) atoms. The minimum Gasteiger partial charge on any atom is -0.352 e. The first-order valence-electron chi connectivity index (χ1n) is 14.5. The van der Waals surface area contributed by atoms with E-state index < -0.39 is 34.3 Å². The first-order chi connectivity index (χ1) is 20.0. The van der Waals surface area contributed by atoms with E-state index in [2.05, 4.69) is 5.32 Å². The zero-order chi connectivity index (χ0) is 30.4. The maximum atomic E-state index is 14.2. The molecule has 224 valence electrons. The van der Waals surface area contributed by atoms with E-state index in [0.29, 0.717) is 17.7 Å². The van der Waals surface area contributed by atoms with Crippen molar-refractivity contribution in [3.63, 3.8) is 0 Å². The van der Waals surface area contributed by atoms with Crippen molar-refractivity contribution in [3.8, 4) is 0 Å². The Kier molecular flexibility index (Phi) is 10.0. The molecule has 3 aromatic carbocycles. The second-order valence-corrected chi connectivity index (χ2v) is 13.0. The Bertz CT molecular complexity index is 1500. The van der Waals surface area contributed by atoms with Crippen molar-refractivity contribution in [2.75, 3.05) is 10.8 Å². The van der Waals surface area contributed by atoms with Crippen molar-refractivity contribution in [2.45, 2.75) is 83.3 Å². The molecular weight excluding hydrogens is 553 g/mol. The smallest absolute Gasteiger partial charge is 0.264 e. The number of sulfonamides is 1. The molecule has 1 saturated carbocycles. The highest BCUT2D eigenvalue weighted by atomic mass is 32.2. The highest BCUT2D eigenvalue weighted by molar-refractivity contribution is 7.92. The molecule has 1 aliphatic carbocycles. The van der Waals surface area contributed by atoms with Crippen LogP contribution in [0.1, 0.15) is 61.3 Å². The fraction of sp³-hybridized carbons (Fsp3) is 0.394. The van der Waals surface area contributed by atoms with Gasteiger partial charge in [0.2, 0.25) is 11.8 Å². The summed E-state index contributed by atoms with van der Waals surface area (Å²) in [6.45, 7) is 6.94. The first kappa shape index (κ1) is 31.2. The summed E-state index contributed by atoms with van der Waals surface area (Å²) in [5.41, 5.74) is 3.56. The van der Waals surface area contributed by atoms with Gasteiger partial charge >= 0.3 is 0 Å². The Morgan fingerprint density at radius 3 is 2.21 bits per heavy atom. The van der Waals surface area contributed by atoms with Crippen LogP contribution in [-0.4, -0.2) is 43.8 Å². The number of carbonyl (C=O) groups excluding carboxylic acids is 2. The predicted octanol–water partition coefficient (Wildman–Crippen LogP) is 5.81. The number of nitrogens with one attached hydrogen (secondary N) is 1. The molecule has 2 amide bonds. The van der Waals surface area contributed by atoms with Crippen LogP contribution in [0.3, 0.4) is 0 Å². The van der Waals surface area contributed by atoms with E-state index >= 15 is 0 Å². The van der Waals surface area contributed by atoms with Gasteiger partial charge in [-0.15, -0.1) is 0 Å². The van der Waals surface area contributed by atoms with Gasteiger partial charge in [0.1, 0.15) is 18.4 Å². The largest absolute Gasteiger partial charge is 0.352 e. The minimum atomic E-state index is -4.15. The molecular formula is C33H40FN3O4S. The van der Waals surface area contributed by atoms with Gasteiger partial charge in [0.15, 0.2) is 0 Å². The standard InChI is InChI=1S/C33H40FN3O4S/c1-5-30(33(39)35-28-10-6-7-11-28)36(21-26-15-17-27(34)18-16-26)32(38)22-37(31-12-8-9-24(3)25(31)4)42(40,41)29-19-13-23(2)14-20-29/h8-9,12-20,28,30H,5-7,10-11,21-22H2,1-4H3,(H,35,39). The quantitative estimate of drug-likeness (QED) is 0.304. The lowest BCUT2D eigenvalue weighted by Crippen LogP contribution is -2.53. The van der Waals surface area contributed by atoms with Crippen LogP contribution in [0, 0.1) is 26.6 Å². The van der Waals surface area contributed by atoms with Gasteiger partial charge in [-0.05, 0) is 87.1 Å². The number of carbonyl (C=O) groups is 2. The summed E-state index contributed by atoms with van der Waals surface area (Å²) in [6.07, 6.45) is 4.20. The molecule has 1 atom stereocenters. The van der Waals surface area contributed by atoms with E-state index in [9.17, 15) is 22.4 Å². The molecule has 0 aromatic heterocycles. The zero-order valence-corrected chi connectivity index (χ0v) is 25.6. The van der Waals surface area contributed by atoms with Crippen LogP contribution >= 0.6 is 0 Å². The fourth-order valence-electron chi connectivity index (χ4n) is 5.43. The maximum Gasteiger partial charge on any atom is 0.264 e. The molecule has 0 spiro atoms. The minimum absolute atomic E-state index is 0.0287. The number of nitrogens with zero attached hydrogens (tertiary/aromatic N) is 2. The fourth-order valence-corrected chi connectivity index (χ4v) is 6.90. The van der Waals surface area contributed by atoms with Crippen LogP contribution in [0.15, 0.2) is 71.6 Å². The second-order valence-electron chi connectivity index (χ2n) is 11.1. The molecule has 1 unspecified atom stereocenters. The van der Waals surface area contributed by atoms with Gasteiger partial charge in [-0.2, -0.15) is 0 Å². The number of amides is 2. The maximum absolute atomic E-state index is 14.2. The molecule has 0 aliphatic heterocycles. The SMILES string of the molecule is CCC(C(=O)NC1CCCC1)N(Cc1ccc(F)cc1)C(=O)CN(c1cccc(C)c1C)S(=O)(=O)c1ccc(C)cc1. The Labute approximate surface area is 248 Å². The van der Waals surface area contributed by atoms with E-state index in [1.165, 1.54) is 29.2 Å². The molecule has 3 aromatic rings. The number of rotatable bonds is 11. The van der Waals surface area contributed by atoms with Crippen LogP contribution < -0.4 is 9.62 Å². The number of benzene rings is 3. The van der Waals surface area contributed by atoms with Crippen LogP contribution in [0.4, 0.5) is 10.1 Å². The molecule has 0 bridgehead atoms. The van der Waals surface area contributed by atoms with E-state index in [0.717, 1.165) is 46.7 Å². The van der Waals surface area contributed by atoms with Crippen molar-refractivity contribution in [1.29, 1.82) is 0 Å². The lowest BCUT2D eigenvalue weighted by atomic mass is 10.1. The third-order valence-electron chi connectivity index (χ3n) is 8.09. The number of aryl methyl sites for hydroxylation is 2. The van der Waals surface area contributed by atoms with Gasteiger partial charge in [-0.3, -0.25) is 13.9 Å². The van der Waals surface area contributed by atoms with Crippen molar-refractivity contribution in [1.82, 2.24) is 10.2 Å². The second kappa shape index (κ2) is 13.5. The molecule has 9 heteroatoms. The summed E-state index contributed by atoms with van der Waals surface area (Å²) in [7, 11) is -4.15. The van der Waals surface area contributed by atoms with Gasteiger partial charge < -0.3 is 10.2 Å². The predicted molar refractivity (Wildman–Crippen MR) is 163 cm³/mol. The van der Waals surface area contributed by atoms with Crippen LogP contribution in [-0.2, 0) is 26.2 Å².